The summed E-state index contributed by atoms with van der Waals surface area (Å²) in [4.78, 5) is 23.4. The van der Waals surface area contributed by atoms with Crippen molar-refractivity contribution < 1.29 is 14.3 Å². The minimum absolute atomic E-state index is 0.0132. The van der Waals surface area contributed by atoms with Gasteiger partial charge < -0.3 is 15.4 Å². The van der Waals surface area contributed by atoms with E-state index in [-0.39, 0.29) is 11.8 Å². The van der Waals surface area contributed by atoms with Crippen LogP contribution in [0, 0.1) is 0 Å². The molecule has 5 heteroatoms. The van der Waals surface area contributed by atoms with Gasteiger partial charge in [0.2, 0.25) is 11.8 Å². The van der Waals surface area contributed by atoms with Gasteiger partial charge in [-0.3, -0.25) is 9.59 Å². The standard InChI is InChI=1S/C18H18N2O3/c1-23-15-4-2-3-12(8-15)9-17(21)19-11-13-5-6-16-14(7-13)10-18(22)20-16/h2-8H,9-11H2,1H3,(H,19,21)(H,20,22). The summed E-state index contributed by atoms with van der Waals surface area (Å²) in [6.07, 6.45) is 0.711. The number of amides is 2. The van der Waals surface area contributed by atoms with Crippen molar-refractivity contribution in [2.75, 3.05) is 12.4 Å². The number of methoxy groups -OCH3 is 1. The molecule has 2 amide bonds. The predicted octanol–water partition coefficient (Wildman–Crippen LogP) is 2.05. The van der Waals surface area contributed by atoms with Crippen LogP contribution in [0.25, 0.3) is 0 Å². The molecular weight excluding hydrogens is 292 g/mol. The third-order valence-electron chi connectivity index (χ3n) is 3.78. The van der Waals surface area contributed by atoms with E-state index in [1.807, 2.05) is 42.5 Å². The van der Waals surface area contributed by atoms with Crippen molar-refractivity contribution in [2.45, 2.75) is 19.4 Å². The molecule has 0 fully saturated rings. The SMILES string of the molecule is COc1cccc(CC(=O)NCc2ccc3c(c2)CC(=O)N3)c1. The zero-order valence-corrected chi connectivity index (χ0v) is 12.9. The number of ether oxygens (including phenoxy) is 1. The van der Waals surface area contributed by atoms with Gasteiger partial charge in [-0.1, -0.05) is 24.3 Å². The normalized spacial score (nSPS) is 12.5. The summed E-state index contributed by atoms with van der Waals surface area (Å²) in [7, 11) is 1.60. The maximum atomic E-state index is 12.1. The van der Waals surface area contributed by atoms with Gasteiger partial charge in [-0.25, -0.2) is 0 Å². The van der Waals surface area contributed by atoms with Gasteiger partial charge >= 0.3 is 0 Å². The first kappa shape index (κ1) is 15.1. The average molecular weight is 310 g/mol. The molecule has 0 aromatic heterocycles. The van der Waals surface area contributed by atoms with E-state index in [1.165, 1.54) is 0 Å². The Labute approximate surface area is 134 Å². The molecule has 3 rings (SSSR count). The van der Waals surface area contributed by atoms with Gasteiger partial charge in [0.15, 0.2) is 0 Å². The Morgan fingerprint density at radius 3 is 2.91 bits per heavy atom. The molecule has 0 saturated heterocycles. The predicted molar refractivity (Wildman–Crippen MR) is 87.3 cm³/mol. The second-order valence-corrected chi connectivity index (χ2v) is 5.52. The highest BCUT2D eigenvalue weighted by atomic mass is 16.5. The third-order valence-corrected chi connectivity index (χ3v) is 3.78. The fourth-order valence-corrected chi connectivity index (χ4v) is 2.62. The van der Waals surface area contributed by atoms with E-state index in [4.69, 9.17) is 4.74 Å². The number of carbonyl (C=O) groups excluding carboxylic acids is 2. The quantitative estimate of drug-likeness (QED) is 0.888. The lowest BCUT2D eigenvalue weighted by Gasteiger charge is -2.08. The number of hydrogen-bond donors (Lipinski definition) is 2. The first-order chi connectivity index (χ1) is 11.1. The fraction of sp³-hybridized carbons (Fsp3) is 0.222. The molecule has 5 nitrogen and oxygen atoms in total. The van der Waals surface area contributed by atoms with Gasteiger partial charge in [-0.05, 0) is 34.9 Å². The smallest absolute Gasteiger partial charge is 0.228 e. The Hall–Kier alpha value is -2.82. The second-order valence-electron chi connectivity index (χ2n) is 5.52. The molecule has 1 heterocycles. The molecule has 0 unspecified atom stereocenters. The monoisotopic (exact) mass is 310 g/mol. The van der Waals surface area contributed by atoms with Gasteiger partial charge in [-0.2, -0.15) is 0 Å². The summed E-state index contributed by atoms with van der Waals surface area (Å²) in [5.74, 6) is 0.707. The molecule has 2 aromatic rings. The Kier molecular flexibility index (Phi) is 4.28. The minimum atomic E-state index is -0.0482. The van der Waals surface area contributed by atoms with Gasteiger partial charge in [0.05, 0.1) is 20.0 Å². The van der Waals surface area contributed by atoms with E-state index >= 15 is 0 Å². The highest BCUT2D eigenvalue weighted by molar-refractivity contribution is 5.99. The van der Waals surface area contributed by atoms with Crippen molar-refractivity contribution in [1.29, 1.82) is 0 Å². The topological polar surface area (TPSA) is 67.4 Å². The van der Waals surface area contributed by atoms with E-state index in [0.717, 1.165) is 28.1 Å². The van der Waals surface area contributed by atoms with Crippen molar-refractivity contribution in [3.63, 3.8) is 0 Å². The number of hydrogen-bond acceptors (Lipinski definition) is 3. The van der Waals surface area contributed by atoms with E-state index in [9.17, 15) is 9.59 Å². The van der Waals surface area contributed by atoms with E-state index in [0.29, 0.717) is 19.4 Å². The van der Waals surface area contributed by atoms with Crippen LogP contribution < -0.4 is 15.4 Å². The highest BCUT2D eigenvalue weighted by Gasteiger charge is 2.17. The van der Waals surface area contributed by atoms with Gasteiger partial charge in [0.1, 0.15) is 5.75 Å². The molecule has 0 radical (unpaired) electrons. The molecular formula is C18H18N2O3. The average Bonchev–Trinajstić information content (AvgIpc) is 2.92. The number of carbonyl (C=O) groups is 2. The molecule has 0 spiro atoms. The van der Waals surface area contributed by atoms with Crippen molar-refractivity contribution in [3.05, 3.63) is 59.2 Å². The van der Waals surface area contributed by atoms with Gasteiger partial charge in [-0.15, -0.1) is 0 Å². The lowest BCUT2D eigenvalue weighted by molar-refractivity contribution is -0.120. The van der Waals surface area contributed by atoms with Crippen LogP contribution in [0.4, 0.5) is 5.69 Å². The number of fused-ring (bicyclic) bond motifs is 1. The molecule has 0 aliphatic carbocycles. The first-order valence-electron chi connectivity index (χ1n) is 7.45. The summed E-state index contributed by atoms with van der Waals surface area (Å²) >= 11 is 0. The lowest BCUT2D eigenvalue weighted by Crippen LogP contribution is -2.24. The Morgan fingerprint density at radius 1 is 1.22 bits per heavy atom. The molecule has 0 atom stereocenters. The maximum absolute atomic E-state index is 12.1. The molecule has 0 saturated carbocycles. The van der Waals surface area contributed by atoms with Gasteiger partial charge in [0.25, 0.3) is 0 Å². The van der Waals surface area contributed by atoms with Crippen LogP contribution in [0.3, 0.4) is 0 Å². The molecule has 1 aliphatic rings. The van der Waals surface area contributed by atoms with Crippen LogP contribution in [0.2, 0.25) is 0 Å². The summed E-state index contributed by atoms with van der Waals surface area (Å²) in [5.41, 5.74) is 3.74. The molecule has 118 valence electrons. The van der Waals surface area contributed by atoms with Crippen LogP contribution in [0.5, 0.6) is 5.75 Å². The van der Waals surface area contributed by atoms with E-state index in [1.54, 1.807) is 7.11 Å². The first-order valence-corrected chi connectivity index (χ1v) is 7.45. The zero-order chi connectivity index (χ0) is 16.2. The van der Waals surface area contributed by atoms with Crippen LogP contribution in [-0.2, 0) is 29.0 Å². The van der Waals surface area contributed by atoms with E-state index in [2.05, 4.69) is 10.6 Å². The number of nitrogens with one attached hydrogen (secondary N) is 2. The summed E-state index contributed by atoms with van der Waals surface area (Å²) in [6.45, 7) is 0.449. The number of rotatable bonds is 5. The van der Waals surface area contributed by atoms with Crippen molar-refractivity contribution in [3.8, 4) is 5.75 Å². The molecule has 1 aliphatic heterocycles. The molecule has 0 bridgehead atoms. The number of anilines is 1. The molecule has 2 N–H and O–H groups in total. The maximum Gasteiger partial charge on any atom is 0.228 e. The van der Waals surface area contributed by atoms with Gasteiger partial charge in [0, 0.05) is 12.2 Å². The summed E-state index contributed by atoms with van der Waals surface area (Å²) in [6, 6.07) is 13.2. The minimum Gasteiger partial charge on any atom is -0.497 e. The molecule has 2 aromatic carbocycles. The Bertz CT molecular complexity index is 756. The zero-order valence-electron chi connectivity index (χ0n) is 12.9. The van der Waals surface area contributed by atoms with Crippen LogP contribution >= 0.6 is 0 Å². The highest BCUT2D eigenvalue weighted by Crippen LogP contribution is 2.23. The van der Waals surface area contributed by atoms with Crippen molar-refractivity contribution in [2.24, 2.45) is 0 Å². The third kappa shape index (κ3) is 3.69. The van der Waals surface area contributed by atoms with Crippen molar-refractivity contribution >= 4 is 17.5 Å². The van der Waals surface area contributed by atoms with Crippen LogP contribution in [-0.4, -0.2) is 18.9 Å². The summed E-state index contributed by atoms with van der Waals surface area (Å²) in [5, 5.41) is 5.70. The lowest BCUT2D eigenvalue weighted by atomic mass is 10.1. The molecule has 23 heavy (non-hydrogen) atoms. The van der Waals surface area contributed by atoms with Crippen molar-refractivity contribution in [1.82, 2.24) is 5.32 Å². The number of benzene rings is 2. The Morgan fingerprint density at radius 2 is 2.09 bits per heavy atom. The van der Waals surface area contributed by atoms with Crippen LogP contribution in [0.1, 0.15) is 16.7 Å². The second kappa shape index (κ2) is 6.52. The largest absolute Gasteiger partial charge is 0.497 e. The van der Waals surface area contributed by atoms with E-state index < -0.39 is 0 Å². The van der Waals surface area contributed by atoms with Crippen LogP contribution in [0.15, 0.2) is 42.5 Å². The Balaban J connectivity index is 1.57. The summed E-state index contributed by atoms with van der Waals surface area (Å²) < 4.78 is 5.15. The fourth-order valence-electron chi connectivity index (χ4n) is 2.62.